The predicted molar refractivity (Wildman–Crippen MR) is 77.2 cm³/mol. The van der Waals surface area contributed by atoms with Gasteiger partial charge in [-0.25, -0.2) is 0 Å². The highest BCUT2D eigenvalue weighted by Gasteiger charge is 2.23. The molecule has 6 nitrogen and oxygen atoms in total. The van der Waals surface area contributed by atoms with Gasteiger partial charge in [-0.3, -0.25) is 9.69 Å². The van der Waals surface area contributed by atoms with Crippen molar-refractivity contribution in [2.45, 2.75) is 25.4 Å². The van der Waals surface area contributed by atoms with Crippen LogP contribution in [-0.2, 0) is 11.3 Å². The minimum atomic E-state index is 0.0443. The third kappa shape index (κ3) is 3.88. The summed E-state index contributed by atoms with van der Waals surface area (Å²) in [5, 5.41) is 11.0. The van der Waals surface area contributed by atoms with Gasteiger partial charge in [0.05, 0.1) is 13.1 Å². The molecular formula is C15H18N4O2. The lowest BCUT2D eigenvalue weighted by Crippen LogP contribution is -2.36. The first-order valence-electron chi connectivity index (χ1n) is 7.06. The minimum absolute atomic E-state index is 0.0443. The molecule has 1 saturated carbocycles. The summed E-state index contributed by atoms with van der Waals surface area (Å²) in [5.41, 5.74) is 0.894. The molecule has 0 atom stereocenters. The number of likely N-dealkylation sites (N-methyl/N-ethyl adjacent to an activating group) is 1. The van der Waals surface area contributed by atoms with Gasteiger partial charge in [-0.05, 0) is 32.0 Å². The minimum Gasteiger partial charge on any atom is -0.419 e. The van der Waals surface area contributed by atoms with Gasteiger partial charge < -0.3 is 9.73 Å². The van der Waals surface area contributed by atoms with Crippen molar-refractivity contribution in [3.05, 3.63) is 36.2 Å². The topological polar surface area (TPSA) is 71.3 Å². The maximum absolute atomic E-state index is 11.7. The van der Waals surface area contributed by atoms with E-state index in [0.29, 0.717) is 30.9 Å². The normalized spacial score (nSPS) is 14.4. The van der Waals surface area contributed by atoms with E-state index < -0.39 is 0 Å². The Hall–Kier alpha value is -2.21. The van der Waals surface area contributed by atoms with Crippen molar-refractivity contribution in [3.63, 3.8) is 0 Å². The van der Waals surface area contributed by atoms with Crippen LogP contribution in [0.5, 0.6) is 0 Å². The Morgan fingerprint density at radius 1 is 1.33 bits per heavy atom. The Morgan fingerprint density at radius 3 is 2.81 bits per heavy atom. The molecule has 0 bridgehead atoms. The Balaban J connectivity index is 1.55. The first-order valence-corrected chi connectivity index (χ1v) is 7.06. The monoisotopic (exact) mass is 286 g/mol. The fourth-order valence-electron chi connectivity index (χ4n) is 2.05. The molecule has 0 spiro atoms. The molecule has 1 aromatic carbocycles. The summed E-state index contributed by atoms with van der Waals surface area (Å²) in [7, 11) is 1.86. The van der Waals surface area contributed by atoms with Gasteiger partial charge in [-0.2, -0.15) is 0 Å². The number of benzene rings is 1. The molecule has 21 heavy (non-hydrogen) atoms. The zero-order valence-electron chi connectivity index (χ0n) is 12.0. The average Bonchev–Trinajstić information content (AvgIpc) is 3.15. The second-order valence-electron chi connectivity index (χ2n) is 5.38. The molecule has 6 heteroatoms. The standard InChI is InChI=1S/C15H18N4O2/c1-19(9-13(20)16-12-7-8-12)10-14-17-18-15(21-14)11-5-3-2-4-6-11/h2-6,12H,7-10H2,1H3,(H,16,20). The molecule has 0 aliphatic heterocycles. The number of carbonyl (C=O) groups excluding carboxylic acids is 1. The van der Waals surface area contributed by atoms with Gasteiger partial charge in [0.1, 0.15) is 0 Å². The average molecular weight is 286 g/mol. The van der Waals surface area contributed by atoms with Gasteiger partial charge in [0.2, 0.25) is 17.7 Å². The van der Waals surface area contributed by atoms with E-state index >= 15 is 0 Å². The predicted octanol–water partition coefficient (Wildman–Crippen LogP) is 1.45. The molecule has 1 aliphatic carbocycles. The van der Waals surface area contributed by atoms with Crippen molar-refractivity contribution >= 4 is 5.91 Å². The first-order chi connectivity index (χ1) is 10.2. The summed E-state index contributed by atoms with van der Waals surface area (Å²) >= 11 is 0. The van der Waals surface area contributed by atoms with Crippen LogP contribution < -0.4 is 5.32 Å². The number of carbonyl (C=O) groups is 1. The lowest BCUT2D eigenvalue weighted by Gasteiger charge is -2.13. The third-order valence-corrected chi connectivity index (χ3v) is 3.25. The van der Waals surface area contributed by atoms with E-state index in [4.69, 9.17) is 4.42 Å². The van der Waals surface area contributed by atoms with Gasteiger partial charge in [0, 0.05) is 11.6 Å². The van der Waals surface area contributed by atoms with Crippen molar-refractivity contribution in [1.82, 2.24) is 20.4 Å². The molecule has 1 amide bonds. The van der Waals surface area contributed by atoms with Crippen molar-refractivity contribution in [2.24, 2.45) is 0 Å². The summed E-state index contributed by atoms with van der Waals surface area (Å²) in [5.74, 6) is 1.06. The van der Waals surface area contributed by atoms with Crippen LogP contribution in [0.3, 0.4) is 0 Å². The summed E-state index contributed by atoms with van der Waals surface area (Å²) in [6, 6.07) is 10.0. The van der Waals surface area contributed by atoms with E-state index in [9.17, 15) is 4.79 Å². The highest BCUT2D eigenvalue weighted by Crippen LogP contribution is 2.19. The van der Waals surface area contributed by atoms with Gasteiger partial charge in [0.25, 0.3) is 0 Å². The van der Waals surface area contributed by atoms with Crippen LogP contribution in [0.15, 0.2) is 34.7 Å². The summed E-state index contributed by atoms with van der Waals surface area (Å²) in [6.07, 6.45) is 2.19. The molecule has 110 valence electrons. The maximum atomic E-state index is 11.7. The molecule has 1 aromatic heterocycles. The van der Waals surface area contributed by atoms with Crippen LogP contribution in [-0.4, -0.2) is 40.6 Å². The number of nitrogens with one attached hydrogen (secondary N) is 1. The van der Waals surface area contributed by atoms with Crippen LogP contribution in [0, 0.1) is 0 Å². The van der Waals surface area contributed by atoms with Crippen LogP contribution in [0.2, 0.25) is 0 Å². The molecule has 1 heterocycles. The van der Waals surface area contributed by atoms with Gasteiger partial charge in [-0.1, -0.05) is 18.2 Å². The molecule has 1 N–H and O–H groups in total. The highest BCUT2D eigenvalue weighted by atomic mass is 16.4. The number of rotatable bonds is 6. The third-order valence-electron chi connectivity index (χ3n) is 3.25. The lowest BCUT2D eigenvalue weighted by atomic mass is 10.2. The fourth-order valence-corrected chi connectivity index (χ4v) is 2.05. The van der Waals surface area contributed by atoms with Crippen LogP contribution in [0.4, 0.5) is 0 Å². The largest absolute Gasteiger partial charge is 0.419 e. The van der Waals surface area contributed by atoms with E-state index in [0.717, 1.165) is 18.4 Å². The molecular weight excluding hydrogens is 268 g/mol. The Bertz CT molecular complexity index is 607. The molecule has 0 radical (unpaired) electrons. The highest BCUT2D eigenvalue weighted by molar-refractivity contribution is 5.78. The zero-order valence-corrected chi connectivity index (χ0v) is 12.0. The molecule has 1 fully saturated rings. The van der Waals surface area contributed by atoms with Gasteiger partial charge in [0.15, 0.2) is 0 Å². The van der Waals surface area contributed by atoms with E-state index in [1.807, 2.05) is 42.3 Å². The van der Waals surface area contributed by atoms with Crippen LogP contribution in [0.1, 0.15) is 18.7 Å². The molecule has 3 rings (SSSR count). The lowest BCUT2D eigenvalue weighted by molar-refractivity contribution is -0.122. The Kier molecular flexibility index (Phi) is 3.96. The van der Waals surface area contributed by atoms with E-state index in [2.05, 4.69) is 15.5 Å². The van der Waals surface area contributed by atoms with Crippen molar-refractivity contribution in [2.75, 3.05) is 13.6 Å². The van der Waals surface area contributed by atoms with E-state index in [-0.39, 0.29) is 5.91 Å². The van der Waals surface area contributed by atoms with Crippen molar-refractivity contribution < 1.29 is 9.21 Å². The second-order valence-corrected chi connectivity index (χ2v) is 5.38. The van der Waals surface area contributed by atoms with Crippen LogP contribution >= 0.6 is 0 Å². The number of aromatic nitrogens is 2. The number of amides is 1. The van der Waals surface area contributed by atoms with Gasteiger partial charge >= 0.3 is 0 Å². The fraction of sp³-hybridized carbons (Fsp3) is 0.400. The Morgan fingerprint density at radius 2 is 2.10 bits per heavy atom. The van der Waals surface area contributed by atoms with Crippen molar-refractivity contribution in [1.29, 1.82) is 0 Å². The zero-order chi connectivity index (χ0) is 14.7. The molecule has 0 unspecified atom stereocenters. The second kappa shape index (κ2) is 6.05. The smallest absolute Gasteiger partial charge is 0.247 e. The van der Waals surface area contributed by atoms with Crippen molar-refractivity contribution in [3.8, 4) is 11.5 Å². The van der Waals surface area contributed by atoms with E-state index in [1.54, 1.807) is 0 Å². The van der Waals surface area contributed by atoms with Gasteiger partial charge in [-0.15, -0.1) is 10.2 Å². The molecule has 0 saturated heterocycles. The molecule has 1 aliphatic rings. The van der Waals surface area contributed by atoms with Crippen LogP contribution in [0.25, 0.3) is 11.5 Å². The summed E-state index contributed by atoms with van der Waals surface area (Å²) < 4.78 is 5.62. The maximum Gasteiger partial charge on any atom is 0.247 e. The number of hydrogen-bond donors (Lipinski definition) is 1. The molecule has 2 aromatic rings. The number of nitrogens with zero attached hydrogens (tertiary/aromatic N) is 3. The summed E-state index contributed by atoms with van der Waals surface area (Å²) in [4.78, 5) is 13.6. The summed E-state index contributed by atoms with van der Waals surface area (Å²) in [6.45, 7) is 0.789. The first kappa shape index (κ1) is 13.8. The number of hydrogen-bond acceptors (Lipinski definition) is 5. The Labute approximate surface area is 123 Å². The van der Waals surface area contributed by atoms with E-state index in [1.165, 1.54) is 0 Å². The SMILES string of the molecule is CN(CC(=O)NC1CC1)Cc1nnc(-c2ccccc2)o1. The quantitative estimate of drug-likeness (QED) is 0.870.